The van der Waals surface area contributed by atoms with Gasteiger partial charge in [0.2, 0.25) is 0 Å². The van der Waals surface area contributed by atoms with Gasteiger partial charge in [0.1, 0.15) is 0 Å². The van der Waals surface area contributed by atoms with E-state index < -0.39 is 0 Å². The monoisotopic (exact) mass is 556 g/mol. The third kappa shape index (κ3) is 5.86. The van der Waals surface area contributed by atoms with Gasteiger partial charge in [-0.2, -0.15) is 0 Å². The second-order valence-corrected chi connectivity index (χ2v) is 11.2. The average Bonchev–Trinajstić information content (AvgIpc) is 3.07. The van der Waals surface area contributed by atoms with E-state index in [9.17, 15) is 0 Å². The number of benzene rings is 6. The minimum Gasteiger partial charge on any atom is -0.311 e. The topological polar surface area (TPSA) is 6.48 Å². The Morgan fingerprint density at radius 1 is 0.395 bits per heavy atom. The third-order valence-electron chi connectivity index (χ3n) is 8.12. The van der Waals surface area contributed by atoms with Crippen LogP contribution in [-0.4, -0.2) is 0 Å². The second-order valence-electron chi connectivity index (χ2n) is 11.2. The zero-order chi connectivity index (χ0) is 29.6. The molecule has 6 aromatic rings. The molecule has 0 atom stereocenters. The van der Waals surface area contributed by atoms with Crippen LogP contribution in [0.4, 0.5) is 34.1 Å². The van der Waals surface area contributed by atoms with Crippen molar-refractivity contribution in [1.29, 1.82) is 0 Å². The molecule has 0 aliphatic rings. The lowest BCUT2D eigenvalue weighted by Gasteiger charge is -2.30. The van der Waals surface area contributed by atoms with Crippen LogP contribution in [0.15, 0.2) is 170 Å². The summed E-state index contributed by atoms with van der Waals surface area (Å²) < 4.78 is 0. The van der Waals surface area contributed by atoms with Crippen LogP contribution in [0.2, 0.25) is 0 Å². The highest BCUT2D eigenvalue weighted by molar-refractivity contribution is 5.81. The first-order chi connectivity index (χ1) is 21.0. The molecule has 0 aliphatic heterocycles. The van der Waals surface area contributed by atoms with Crippen LogP contribution < -0.4 is 9.80 Å². The molecule has 2 heteroatoms. The Labute approximate surface area is 255 Å². The summed E-state index contributed by atoms with van der Waals surface area (Å²) in [4.78, 5) is 4.60. The van der Waals surface area contributed by atoms with Crippen LogP contribution in [-0.2, 0) is 5.41 Å². The predicted octanol–water partition coefficient (Wildman–Crippen LogP) is 11.6. The molecular weight excluding hydrogens is 520 g/mol. The molecule has 43 heavy (non-hydrogen) atoms. The van der Waals surface area contributed by atoms with Crippen molar-refractivity contribution >= 4 is 40.2 Å². The fraction of sp³-hybridized carbons (Fsp3) is 0.0732. The number of anilines is 6. The van der Waals surface area contributed by atoms with E-state index in [-0.39, 0.29) is 5.41 Å². The summed E-state index contributed by atoms with van der Waals surface area (Å²) in [6, 6.07) is 58.1. The Morgan fingerprint density at radius 2 is 0.674 bits per heavy atom. The number of nitrogens with zero attached hydrogens (tertiary/aromatic N) is 2. The molecule has 2 nitrogen and oxygen atoms in total. The van der Waals surface area contributed by atoms with Crippen LogP contribution >= 0.6 is 0 Å². The van der Waals surface area contributed by atoms with Gasteiger partial charge in [-0.1, -0.05) is 117 Å². The molecule has 6 rings (SSSR count). The number of para-hydroxylation sites is 3. The number of hydrogen-bond donors (Lipinski definition) is 0. The first-order valence-electron chi connectivity index (χ1n) is 14.7. The van der Waals surface area contributed by atoms with Crippen molar-refractivity contribution < 1.29 is 0 Å². The second kappa shape index (κ2) is 12.3. The highest BCUT2D eigenvalue weighted by atomic mass is 15.2. The van der Waals surface area contributed by atoms with Crippen molar-refractivity contribution in [2.24, 2.45) is 0 Å². The Kier molecular flexibility index (Phi) is 7.93. The van der Waals surface area contributed by atoms with E-state index in [0.29, 0.717) is 0 Å². The fourth-order valence-corrected chi connectivity index (χ4v) is 5.61. The van der Waals surface area contributed by atoms with E-state index in [4.69, 9.17) is 0 Å². The maximum absolute atomic E-state index is 3.89. The molecule has 0 amide bonds. The quantitative estimate of drug-likeness (QED) is 0.175. The van der Waals surface area contributed by atoms with Crippen molar-refractivity contribution in [3.8, 4) is 0 Å². The molecule has 0 fully saturated rings. The molecule has 0 spiro atoms. The highest BCUT2D eigenvalue weighted by Gasteiger charge is 2.24. The molecule has 210 valence electrons. The average molecular weight is 557 g/mol. The Morgan fingerprint density at radius 3 is 1.00 bits per heavy atom. The van der Waals surface area contributed by atoms with Crippen LogP contribution in [0, 0.1) is 0 Å². The molecule has 0 saturated heterocycles. The summed E-state index contributed by atoms with van der Waals surface area (Å²) in [7, 11) is 0. The predicted molar refractivity (Wildman–Crippen MR) is 184 cm³/mol. The van der Waals surface area contributed by atoms with E-state index in [1.54, 1.807) is 0 Å². The lowest BCUT2D eigenvalue weighted by atomic mass is 9.78. The Balaban J connectivity index is 1.36. The van der Waals surface area contributed by atoms with Crippen LogP contribution in [0.3, 0.4) is 0 Å². The van der Waals surface area contributed by atoms with Crippen molar-refractivity contribution in [3.63, 3.8) is 0 Å². The van der Waals surface area contributed by atoms with Gasteiger partial charge >= 0.3 is 0 Å². The largest absolute Gasteiger partial charge is 0.311 e. The first-order valence-corrected chi connectivity index (χ1v) is 14.7. The van der Waals surface area contributed by atoms with Gasteiger partial charge < -0.3 is 9.80 Å². The van der Waals surface area contributed by atoms with Gasteiger partial charge in [0.05, 0.1) is 0 Å². The van der Waals surface area contributed by atoms with Gasteiger partial charge in [-0.25, -0.2) is 0 Å². The summed E-state index contributed by atoms with van der Waals surface area (Å²) in [5, 5.41) is 0. The maximum atomic E-state index is 3.89. The summed E-state index contributed by atoms with van der Waals surface area (Å²) in [6.45, 7) is 8.45. The lowest BCUT2D eigenvalue weighted by Crippen LogP contribution is -2.19. The maximum Gasteiger partial charge on any atom is 0.0463 e. The molecule has 0 aromatic heterocycles. The number of hydrogen-bond acceptors (Lipinski definition) is 2. The SMILES string of the molecule is C=Cc1ccc(C(C)(C)c2ccc(N(c3ccccc3)c3ccc(N(c4ccccc4)c4ccccc4)cc3)cc2)cc1. The van der Waals surface area contributed by atoms with Gasteiger partial charge in [-0.05, 0) is 89.5 Å². The summed E-state index contributed by atoms with van der Waals surface area (Å²) in [5.74, 6) is 0. The standard InChI is InChI=1S/C41H36N2/c1-4-32-20-22-33(23-21-32)41(2,3)34-24-26-38(27-25-34)43(37-18-12-7-13-19-37)40-30-28-39(29-31-40)42(35-14-8-5-9-15-35)36-16-10-6-11-17-36/h4-31H,1H2,2-3H3. The molecule has 0 N–H and O–H groups in total. The molecular formula is C41H36N2. The van der Waals surface area contributed by atoms with Gasteiger partial charge in [-0.15, -0.1) is 0 Å². The summed E-state index contributed by atoms with van der Waals surface area (Å²) in [6.07, 6.45) is 1.89. The first kappa shape index (κ1) is 27.8. The lowest BCUT2D eigenvalue weighted by molar-refractivity contribution is 0.641. The normalized spacial score (nSPS) is 11.1. The van der Waals surface area contributed by atoms with Crippen molar-refractivity contribution in [2.75, 3.05) is 9.80 Å². The molecule has 6 aromatic carbocycles. The smallest absolute Gasteiger partial charge is 0.0463 e. The van der Waals surface area contributed by atoms with E-state index in [2.05, 4.69) is 194 Å². The summed E-state index contributed by atoms with van der Waals surface area (Å²) in [5.41, 5.74) is 10.2. The zero-order valence-electron chi connectivity index (χ0n) is 24.8. The van der Waals surface area contributed by atoms with Gasteiger partial charge in [-0.3, -0.25) is 0 Å². The fourth-order valence-electron chi connectivity index (χ4n) is 5.61. The van der Waals surface area contributed by atoms with E-state index in [1.807, 2.05) is 6.08 Å². The molecule has 0 bridgehead atoms. The third-order valence-corrected chi connectivity index (χ3v) is 8.12. The highest BCUT2D eigenvalue weighted by Crippen LogP contribution is 2.40. The molecule has 0 radical (unpaired) electrons. The summed E-state index contributed by atoms with van der Waals surface area (Å²) >= 11 is 0. The van der Waals surface area contributed by atoms with Crippen LogP contribution in [0.5, 0.6) is 0 Å². The van der Waals surface area contributed by atoms with Crippen molar-refractivity contribution in [3.05, 3.63) is 187 Å². The van der Waals surface area contributed by atoms with E-state index in [0.717, 1.165) is 39.7 Å². The zero-order valence-corrected chi connectivity index (χ0v) is 24.8. The minimum atomic E-state index is -0.129. The van der Waals surface area contributed by atoms with Gasteiger partial charge in [0, 0.05) is 39.5 Å². The molecule has 0 unspecified atom stereocenters. The van der Waals surface area contributed by atoms with Crippen LogP contribution in [0.25, 0.3) is 6.08 Å². The molecule has 0 heterocycles. The Bertz CT molecular complexity index is 1720. The Hall–Kier alpha value is -5.34. The van der Waals surface area contributed by atoms with E-state index in [1.165, 1.54) is 11.1 Å². The van der Waals surface area contributed by atoms with Gasteiger partial charge in [0.15, 0.2) is 0 Å². The van der Waals surface area contributed by atoms with Crippen LogP contribution in [0.1, 0.15) is 30.5 Å². The number of rotatable bonds is 9. The minimum absolute atomic E-state index is 0.129. The molecule has 0 saturated carbocycles. The van der Waals surface area contributed by atoms with Crippen molar-refractivity contribution in [1.82, 2.24) is 0 Å². The van der Waals surface area contributed by atoms with Gasteiger partial charge in [0.25, 0.3) is 0 Å². The van der Waals surface area contributed by atoms with E-state index >= 15 is 0 Å². The molecule has 0 aliphatic carbocycles. The van der Waals surface area contributed by atoms with Crippen molar-refractivity contribution in [2.45, 2.75) is 19.3 Å².